The molecule has 2 aromatic rings. The summed E-state index contributed by atoms with van der Waals surface area (Å²) >= 11 is 12.7. The van der Waals surface area contributed by atoms with Gasteiger partial charge in [0.05, 0.1) is 4.34 Å². The van der Waals surface area contributed by atoms with Gasteiger partial charge in [0.15, 0.2) is 0 Å². The monoisotopic (exact) mass is 318 g/mol. The number of aryl methyl sites for hydroxylation is 1. The summed E-state index contributed by atoms with van der Waals surface area (Å²) in [4.78, 5) is 2.49. The summed E-state index contributed by atoms with van der Waals surface area (Å²) in [7, 11) is 0. The molecule has 2 heterocycles. The van der Waals surface area contributed by atoms with Crippen LogP contribution in [0.1, 0.15) is 15.3 Å². The molecular formula is C11H8BrClS2. The van der Waals surface area contributed by atoms with Crippen molar-refractivity contribution in [2.75, 3.05) is 0 Å². The Kier molecular flexibility index (Phi) is 3.67. The van der Waals surface area contributed by atoms with Gasteiger partial charge in [-0.25, -0.2) is 0 Å². The Bertz CT molecular complexity index is 496. The van der Waals surface area contributed by atoms with Gasteiger partial charge < -0.3 is 0 Å². The van der Waals surface area contributed by atoms with Crippen molar-refractivity contribution in [1.29, 1.82) is 0 Å². The fourth-order valence-electron chi connectivity index (χ4n) is 1.19. The third kappa shape index (κ3) is 2.94. The molecule has 0 aliphatic heterocycles. The van der Waals surface area contributed by atoms with Crippen LogP contribution in [-0.4, -0.2) is 0 Å². The minimum atomic E-state index is 0.808. The number of hydrogen-bond donors (Lipinski definition) is 0. The van der Waals surface area contributed by atoms with Crippen LogP contribution in [0.5, 0.6) is 0 Å². The number of thiophene rings is 2. The zero-order valence-corrected chi connectivity index (χ0v) is 11.9. The average Bonchev–Trinajstić information content (AvgIpc) is 2.70. The van der Waals surface area contributed by atoms with Crippen LogP contribution >= 0.6 is 50.2 Å². The second-order valence-corrected chi connectivity index (χ2v) is 6.77. The average molecular weight is 320 g/mol. The molecule has 0 aromatic carbocycles. The molecule has 0 amide bonds. The van der Waals surface area contributed by atoms with Gasteiger partial charge in [-0.05, 0) is 52.0 Å². The molecule has 0 nitrogen and oxygen atoms in total. The van der Waals surface area contributed by atoms with Crippen molar-refractivity contribution < 1.29 is 0 Å². The summed E-state index contributed by atoms with van der Waals surface area (Å²) in [5.41, 5.74) is 1.24. The van der Waals surface area contributed by atoms with Crippen LogP contribution in [0.3, 0.4) is 0 Å². The van der Waals surface area contributed by atoms with Crippen molar-refractivity contribution >= 4 is 62.4 Å². The first-order chi connectivity index (χ1) is 7.15. The lowest BCUT2D eigenvalue weighted by Gasteiger charge is -1.86. The molecular weight excluding hydrogens is 312 g/mol. The minimum Gasteiger partial charge on any atom is -0.149 e. The highest BCUT2D eigenvalue weighted by atomic mass is 79.9. The SMILES string of the molecule is Cc1cc(/C=C/c2sc(Cl)cc2Br)cs1. The van der Waals surface area contributed by atoms with Crippen molar-refractivity contribution in [3.63, 3.8) is 0 Å². The van der Waals surface area contributed by atoms with Crippen molar-refractivity contribution in [1.82, 2.24) is 0 Å². The Morgan fingerprint density at radius 2 is 2.13 bits per heavy atom. The maximum absolute atomic E-state index is 5.91. The van der Waals surface area contributed by atoms with Crippen molar-refractivity contribution in [2.24, 2.45) is 0 Å². The normalized spacial score (nSPS) is 11.4. The molecule has 0 spiro atoms. The highest BCUT2D eigenvalue weighted by Crippen LogP contribution is 2.32. The van der Waals surface area contributed by atoms with E-state index in [4.69, 9.17) is 11.6 Å². The van der Waals surface area contributed by atoms with E-state index in [-0.39, 0.29) is 0 Å². The largest absolute Gasteiger partial charge is 0.149 e. The second kappa shape index (κ2) is 4.83. The molecule has 2 rings (SSSR count). The number of hydrogen-bond acceptors (Lipinski definition) is 2. The molecule has 0 N–H and O–H groups in total. The smallest absolute Gasteiger partial charge is 0.0946 e. The van der Waals surface area contributed by atoms with Gasteiger partial charge in [-0.2, -0.15) is 0 Å². The van der Waals surface area contributed by atoms with Crippen LogP contribution in [0, 0.1) is 6.92 Å². The predicted octanol–water partition coefficient (Wildman–Crippen LogP) is 5.70. The van der Waals surface area contributed by atoms with Gasteiger partial charge in [-0.3, -0.25) is 0 Å². The Hall–Kier alpha value is -0.0900. The third-order valence-corrected chi connectivity index (χ3v) is 4.89. The molecule has 15 heavy (non-hydrogen) atoms. The van der Waals surface area contributed by atoms with E-state index < -0.39 is 0 Å². The van der Waals surface area contributed by atoms with Crippen molar-refractivity contribution in [3.05, 3.63) is 41.6 Å². The Morgan fingerprint density at radius 1 is 1.33 bits per heavy atom. The van der Waals surface area contributed by atoms with Crippen LogP contribution in [0.2, 0.25) is 4.34 Å². The predicted molar refractivity (Wildman–Crippen MR) is 75.0 cm³/mol. The Labute approximate surface area is 110 Å². The minimum absolute atomic E-state index is 0.808. The van der Waals surface area contributed by atoms with Gasteiger partial charge in [0.2, 0.25) is 0 Å². The van der Waals surface area contributed by atoms with Crippen LogP contribution in [0.4, 0.5) is 0 Å². The standard InChI is InChI=1S/C11H8BrClS2/c1-7-4-8(6-14-7)2-3-10-9(12)5-11(13)15-10/h2-6H,1H3/b3-2+. The Balaban J connectivity index is 2.21. The van der Waals surface area contributed by atoms with Gasteiger partial charge in [0.25, 0.3) is 0 Å². The fourth-order valence-corrected chi connectivity index (χ4v) is 3.79. The molecule has 0 atom stereocenters. The van der Waals surface area contributed by atoms with Gasteiger partial charge in [-0.15, -0.1) is 22.7 Å². The molecule has 0 aliphatic rings. The van der Waals surface area contributed by atoms with Gasteiger partial charge in [0, 0.05) is 14.2 Å². The summed E-state index contributed by atoms with van der Waals surface area (Å²) in [6, 6.07) is 4.09. The number of halogens is 2. The highest BCUT2D eigenvalue weighted by Gasteiger charge is 2.01. The maximum Gasteiger partial charge on any atom is 0.0946 e. The van der Waals surface area contributed by atoms with Crippen LogP contribution < -0.4 is 0 Å². The maximum atomic E-state index is 5.91. The fraction of sp³-hybridized carbons (Fsp3) is 0.0909. The zero-order chi connectivity index (χ0) is 10.8. The molecule has 0 aliphatic carbocycles. The first-order valence-corrected chi connectivity index (χ1v) is 7.20. The van der Waals surface area contributed by atoms with E-state index in [9.17, 15) is 0 Å². The van der Waals surface area contributed by atoms with Gasteiger partial charge >= 0.3 is 0 Å². The Morgan fingerprint density at radius 3 is 2.67 bits per heavy atom. The van der Waals surface area contributed by atoms with E-state index in [0.717, 1.165) is 13.7 Å². The summed E-state index contributed by atoms with van der Waals surface area (Å²) in [6.45, 7) is 2.11. The summed E-state index contributed by atoms with van der Waals surface area (Å²) in [5.74, 6) is 0. The highest BCUT2D eigenvalue weighted by molar-refractivity contribution is 9.10. The second-order valence-electron chi connectivity index (χ2n) is 3.09. The van der Waals surface area contributed by atoms with E-state index in [1.165, 1.54) is 10.4 Å². The van der Waals surface area contributed by atoms with E-state index in [2.05, 4.69) is 46.5 Å². The van der Waals surface area contributed by atoms with Crippen LogP contribution in [0.25, 0.3) is 12.2 Å². The van der Waals surface area contributed by atoms with E-state index >= 15 is 0 Å². The van der Waals surface area contributed by atoms with Gasteiger partial charge in [0.1, 0.15) is 0 Å². The molecule has 0 radical (unpaired) electrons. The summed E-state index contributed by atoms with van der Waals surface area (Å²) in [5, 5.41) is 2.15. The molecule has 0 bridgehead atoms. The van der Waals surface area contributed by atoms with E-state index in [1.54, 1.807) is 22.7 Å². The van der Waals surface area contributed by atoms with Crippen LogP contribution in [-0.2, 0) is 0 Å². The first-order valence-electron chi connectivity index (χ1n) is 4.33. The molecule has 0 fully saturated rings. The lowest BCUT2D eigenvalue weighted by Crippen LogP contribution is -1.63. The number of rotatable bonds is 2. The molecule has 0 saturated carbocycles. The topological polar surface area (TPSA) is 0 Å². The molecule has 0 saturated heterocycles. The van der Waals surface area contributed by atoms with Gasteiger partial charge in [-0.1, -0.05) is 17.7 Å². The zero-order valence-electron chi connectivity index (χ0n) is 7.96. The van der Waals surface area contributed by atoms with Crippen molar-refractivity contribution in [2.45, 2.75) is 6.92 Å². The van der Waals surface area contributed by atoms with Crippen molar-refractivity contribution in [3.8, 4) is 0 Å². The van der Waals surface area contributed by atoms with Crippen LogP contribution in [0.15, 0.2) is 22.0 Å². The molecule has 2 aromatic heterocycles. The lowest BCUT2D eigenvalue weighted by atomic mass is 10.3. The van der Waals surface area contributed by atoms with E-state index in [1.807, 2.05) is 6.07 Å². The summed E-state index contributed by atoms with van der Waals surface area (Å²) < 4.78 is 1.86. The lowest BCUT2D eigenvalue weighted by molar-refractivity contribution is 1.63. The first kappa shape index (κ1) is 11.4. The molecule has 4 heteroatoms. The third-order valence-electron chi connectivity index (χ3n) is 1.86. The molecule has 78 valence electrons. The summed E-state index contributed by atoms with van der Waals surface area (Å²) in [6.07, 6.45) is 4.19. The quantitative estimate of drug-likeness (QED) is 0.665. The molecule has 0 unspecified atom stereocenters. The van der Waals surface area contributed by atoms with E-state index in [0.29, 0.717) is 0 Å².